The Labute approximate surface area is 183 Å². The molecule has 1 atom stereocenters. The summed E-state index contributed by atoms with van der Waals surface area (Å²) < 4.78 is 27.9. The van der Waals surface area contributed by atoms with E-state index in [9.17, 15) is 13.2 Å². The molecule has 2 aromatic carbocycles. The van der Waals surface area contributed by atoms with Crippen LogP contribution in [-0.4, -0.2) is 31.7 Å². The van der Waals surface area contributed by atoms with Crippen LogP contribution >= 0.6 is 39.1 Å². The zero-order valence-electron chi connectivity index (χ0n) is 14.9. The van der Waals surface area contributed by atoms with Gasteiger partial charge in [0.05, 0.1) is 17.4 Å². The normalized spacial score (nSPS) is 18.0. The number of nitrogens with zero attached hydrogens (tertiary/aromatic N) is 1. The maximum absolute atomic E-state index is 12.9. The molecule has 0 spiro atoms. The van der Waals surface area contributed by atoms with Gasteiger partial charge < -0.3 is 5.32 Å². The lowest BCUT2D eigenvalue weighted by Crippen LogP contribution is -2.44. The number of amides is 1. The molecule has 1 N–H and O–H groups in total. The van der Waals surface area contributed by atoms with E-state index in [0.29, 0.717) is 40.7 Å². The quantitative estimate of drug-likeness (QED) is 0.626. The van der Waals surface area contributed by atoms with Crippen molar-refractivity contribution < 1.29 is 13.2 Å². The molecule has 1 heterocycles. The number of sulfonamides is 1. The van der Waals surface area contributed by atoms with Gasteiger partial charge >= 0.3 is 0 Å². The molecule has 28 heavy (non-hydrogen) atoms. The maximum Gasteiger partial charge on any atom is 0.228 e. The molecular formula is C19H19BrCl2N2O3S. The molecule has 1 aliphatic rings. The average Bonchev–Trinajstić information content (AvgIpc) is 2.66. The first-order valence-electron chi connectivity index (χ1n) is 8.73. The Morgan fingerprint density at radius 1 is 1.21 bits per heavy atom. The highest BCUT2D eigenvalue weighted by Crippen LogP contribution is 2.28. The van der Waals surface area contributed by atoms with Gasteiger partial charge in [-0.2, -0.15) is 0 Å². The van der Waals surface area contributed by atoms with Crippen molar-refractivity contribution in [2.24, 2.45) is 5.92 Å². The van der Waals surface area contributed by atoms with E-state index in [1.807, 2.05) is 18.2 Å². The molecule has 1 saturated heterocycles. The van der Waals surface area contributed by atoms with E-state index in [4.69, 9.17) is 23.2 Å². The van der Waals surface area contributed by atoms with E-state index >= 15 is 0 Å². The first-order chi connectivity index (χ1) is 13.3. The summed E-state index contributed by atoms with van der Waals surface area (Å²) in [5, 5.41) is 3.64. The maximum atomic E-state index is 12.9. The van der Waals surface area contributed by atoms with Gasteiger partial charge in [0.15, 0.2) is 0 Å². The Balaban J connectivity index is 1.69. The standard InChI is InChI=1S/C19H19BrCl2N2O3S/c20-16-5-1-2-6-18(16)23-19(25)13-4-3-9-24(11-13)28(26,27)12-14-7-8-15(21)10-17(14)22/h1-2,5-8,10,13H,3-4,9,11-12H2,(H,23,25). The molecule has 0 aromatic heterocycles. The van der Waals surface area contributed by atoms with Crippen LogP contribution in [0.5, 0.6) is 0 Å². The monoisotopic (exact) mass is 504 g/mol. The largest absolute Gasteiger partial charge is 0.325 e. The predicted molar refractivity (Wildman–Crippen MR) is 116 cm³/mol. The van der Waals surface area contributed by atoms with E-state index in [0.717, 1.165) is 4.47 Å². The van der Waals surface area contributed by atoms with Crippen molar-refractivity contribution in [1.82, 2.24) is 4.31 Å². The number of hydrogen-bond donors (Lipinski definition) is 1. The van der Waals surface area contributed by atoms with Gasteiger partial charge in [0.2, 0.25) is 15.9 Å². The second-order valence-electron chi connectivity index (χ2n) is 6.66. The third-order valence-corrected chi connectivity index (χ3v) is 7.71. The van der Waals surface area contributed by atoms with Gasteiger partial charge in [-0.1, -0.05) is 41.4 Å². The highest BCUT2D eigenvalue weighted by molar-refractivity contribution is 9.10. The van der Waals surface area contributed by atoms with Crippen molar-refractivity contribution in [2.75, 3.05) is 18.4 Å². The molecule has 3 rings (SSSR count). The van der Waals surface area contributed by atoms with E-state index in [1.165, 1.54) is 10.4 Å². The molecule has 9 heteroatoms. The van der Waals surface area contributed by atoms with Gasteiger partial charge in [0, 0.05) is 27.6 Å². The first kappa shape index (κ1) is 21.6. The summed E-state index contributed by atoms with van der Waals surface area (Å²) in [5.41, 5.74) is 1.16. The van der Waals surface area contributed by atoms with Crippen molar-refractivity contribution in [3.05, 3.63) is 62.5 Å². The number of rotatable bonds is 5. The Morgan fingerprint density at radius 2 is 1.96 bits per heavy atom. The van der Waals surface area contributed by atoms with E-state index in [2.05, 4.69) is 21.2 Å². The summed E-state index contributed by atoms with van der Waals surface area (Å²) in [6.07, 6.45) is 1.27. The van der Waals surface area contributed by atoms with Crippen LogP contribution in [0.3, 0.4) is 0 Å². The van der Waals surface area contributed by atoms with E-state index in [1.54, 1.807) is 18.2 Å². The zero-order chi connectivity index (χ0) is 20.3. The lowest BCUT2D eigenvalue weighted by atomic mass is 9.99. The second kappa shape index (κ2) is 9.13. The lowest BCUT2D eigenvalue weighted by Gasteiger charge is -2.31. The molecule has 0 aliphatic carbocycles. The zero-order valence-corrected chi connectivity index (χ0v) is 18.8. The Kier molecular flexibility index (Phi) is 7.04. The summed E-state index contributed by atoms with van der Waals surface area (Å²) in [6.45, 7) is 0.552. The minimum absolute atomic E-state index is 0.157. The third-order valence-electron chi connectivity index (χ3n) is 4.63. The topological polar surface area (TPSA) is 66.5 Å². The molecule has 150 valence electrons. The fourth-order valence-corrected chi connectivity index (χ4v) is 5.71. The molecule has 0 bridgehead atoms. The van der Waals surface area contributed by atoms with Crippen LogP contribution in [0.2, 0.25) is 10.0 Å². The van der Waals surface area contributed by atoms with Gasteiger partial charge in [-0.25, -0.2) is 12.7 Å². The van der Waals surface area contributed by atoms with Crippen LogP contribution in [0.4, 0.5) is 5.69 Å². The third kappa shape index (κ3) is 5.27. The van der Waals surface area contributed by atoms with Crippen LogP contribution < -0.4 is 5.32 Å². The number of para-hydroxylation sites is 1. The van der Waals surface area contributed by atoms with Gasteiger partial charge in [-0.3, -0.25) is 4.79 Å². The van der Waals surface area contributed by atoms with Crippen molar-refractivity contribution in [3.63, 3.8) is 0 Å². The van der Waals surface area contributed by atoms with Gasteiger partial charge in [-0.05, 0) is 58.6 Å². The molecule has 1 aliphatic heterocycles. The van der Waals surface area contributed by atoms with Crippen LogP contribution in [0.15, 0.2) is 46.9 Å². The van der Waals surface area contributed by atoms with Gasteiger partial charge in [-0.15, -0.1) is 0 Å². The summed E-state index contributed by atoms with van der Waals surface area (Å²) in [4.78, 5) is 12.7. The number of hydrogen-bond acceptors (Lipinski definition) is 3. The number of carbonyl (C=O) groups excluding carboxylic acids is 1. The molecule has 1 fully saturated rings. The Hall–Kier alpha value is -1.12. The molecular weight excluding hydrogens is 487 g/mol. The van der Waals surface area contributed by atoms with Crippen molar-refractivity contribution in [2.45, 2.75) is 18.6 Å². The highest BCUT2D eigenvalue weighted by Gasteiger charge is 2.33. The minimum atomic E-state index is -3.60. The fourth-order valence-electron chi connectivity index (χ4n) is 3.13. The molecule has 0 radical (unpaired) electrons. The fraction of sp³-hybridized carbons (Fsp3) is 0.316. The van der Waals surface area contributed by atoms with Crippen LogP contribution in [0, 0.1) is 5.92 Å². The predicted octanol–water partition coefficient (Wildman–Crippen LogP) is 4.94. The highest BCUT2D eigenvalue weighted by atomic mass is 79.9. The number of halogens is 3. The summed E-state index contributed by atoms with van der Waals surface area (Å²) in [7, 11) is -3.60. The van der Waals surface area contributed by atoms with Crippen molar-refractivity contribution >= 4 is 60.7 Å². The number of benzene rings is 2. The summed E-state index contributed by atoms with van der Waals surface area (Å²) >= 11 is 15.4. The molecule has 2 aromatic rings. The SMILES string of the molecule is O=C(Nc1ccccc1Br)C1CCCN(S(=O)(=O)Cc2ccc(Cl)cc2Cl)C1. The number of piperidine rings is 1. The number of nitrogens with one attached hydrogen (secondary N) is 1. The minimum Gasteiger partial charge on any atom is -0.325 e. The number of carbonyl (C=O) groups is 1. The van der Waals surface area contributed by atoms with Crippen LogP contribution in [0.1, 0.15) is 18.4 Å². The second-order valence-corrected chi connectivity index (χ2v) is 10.3. The lowest BCUT2D eigenvalue weighted by molar-refractivity contribution is -0.120. The van der Waals surface area contributed by atoms with Crippen molar-refractivity contribution in [1.29, 1.82) is 0 Å². The number of anilines is 1. The van der Waals surface area contributed by atoms with Gasteiger partial charge in [0.25, 0.3) is 0 Å². The van der Waals surface area contributed by atoms with E-state index < -0.39 is 15.9 Å². The summed E-state index contributed by atoms with van der Waals surface area (Å²) in [5.74, 6) is -0.811. The smallest absolute Gasteiger partial charge is 0.228 e. The molecule has 1 amide bonds. The van der Waals surface area contributed by atoms with E-state index in [-0.39, 0.29) is 18.2 Å². The average molecular weight is 506 g/mol. The molecule has 0 saturated carbocycles. The first-order valence-corrected chi connectivity index (χ1v) is 11.9. The molecule has 1 unspecified atom stereocenters. The summed E-state index contributed by atoms with van der Waals surface area (Å²) in [6, 6.07) is 12.1. The Bertz CT molecular complexity index is 985. The van der Waals surface area contributed by atoms with Crippen LogP contribution in [0.25, 0.3) is 0 Å². The van der Waals surface area contributed by atoms with Gasteiger partial charge in [0.1, 0.15) is 0 Å². The molecule has 5 nitrogen and oxygen atoms in total. The Morgan fingerprint density at radius 3 is 2.68 bits per heavy atom. The van der Waals surface area contributed by atoms with Crippen molar-refractivity contribution in [3.8, 4) is 0 Å². The van der Waals surface area contributed by atoms with Crippen LogP contribution in [-0.2, 0) is 20.6 Å².